The zero-order chi connectivity index (χ0) is 23.0. The van der Waals surface area contributed by atoms with Crippen LogP contribution in [-0.2, 0) is 12.4 Å². The Kier molecular flexibility index (Phi) is 6.78. The normalized spacial score (nSPS) is 19.9. The number of carbonyl (C=O) groups excluding carboxylic acids is 1. The third kappa shape index (κ3) is 5.84. The molecule has 1 fully saturated rings. The molecule has 0 spiro atoms. The predicted octanol–water partition coefficient (Wildman–Crippen LogP) is 5.91. The van der Waals surface area contributed by atoms with Gasteiger partial charge in [0.25, 0.3) is 5.91 Å². The summed E-state index contributed by atoms with van der Waals surface area (Å²) in [6.07, 6.45) is -9.66. The first kappa shape index (κ1) is 23.7. The largest absolute Gasteiger partial charge is 0.416 e. The van der Waals surface area contributed by atoms with Crippen molar-refractivity contribution in [2.45, 2.75) is 30.7 Å². The van der Waals surface area contributed by atoms with Crippen LogP contribution in [0.3, 0.4) is 0 Å². The van der Waals surface area contributed by atoms with Crippen molar-refractivity contribution in [2.75, 3.05) is 13.1 Å². The topological polar surface area (TPSA) is 41.1 Å². The summed E-state index contributed by atoms with van der Waals surface area (Å²) in [7, 11) is 0. The molecular weight excluding hydrogens is 469 g/mol. The highest BCUT2D eigenvalue weighted by Gasteiger charge is 2.38. The van der Waals surface area contributed by atoms with E-state index in [1.807, 2.05) is 0 Å². The molecule has 1 amide bonds. The number of piperidine rings is 1. The van der Waals surface area contributed by atoms with Crippen molar-refractivity contribution in [1.29, 1.82) is 0 Å². The SMILES string of the molecule is O=C(NC1CCNC[C@H]1c1cc(Cl)cc(Cl)c1)c1cc(C(F)(F)F)cc(C(F)(F)F)c1. The lowest BCUT2D eigenvalue weighted by Gasteiger charge is -2.33. The van der Waals surface area contributed by atoms with Crippen LogP contribution in [-0.4, -0.2) is 25.0 Å². The Hall–Kier alpha value is -1.97. The fourth-order valence-electron chi connectivity index (χ4n) is 3.51. The van der Waals surface area contributed by atoms with Crippen molar-refractivity contribution in [3.8, 4) is 0 Å². The van der Waals surface area contributed by atoms with Crippen LogP contribution in [0, 0.1) is 0 Å². The first-order valence-corrected chi connectivity index (χ1v) is 9.87. The molecule has 3 nitrogen and oxygen atoms in total. The molecule has 1 heterocycles. The van der Waals surface area contributed by atoms with Crippen LogP contribution in [0.15, 0.2) is 36.4 Å². The minimum absolute atomic E-state index is 0.0158. The van der Waals surface area contributed by atoms with Crippen LogP contribution in [0.5, 0.6) is 0 Å². The van der Waals surface area contributed by atoms with E-state index in [4.69, 9.17) is 23.2 Å². The van der Waals surface area contributed by atoms with Crippen LogP contribution >= 0.6 is 23.2 Å². The molecular formula is C20H16Cl2F6N2O. The third-order valence-corrected chi connectivity index (χ3v) is 5.40. The molecule has 1 saturated heterocycles. The van der Waals surface area contributed by atoms with Crippen LogP contribution in [0.2, 0.25) is 10.0 Å². The molecule has 2 N–H and O–H groups in total. The van der Waals surface area contributed by atoms with Crippen LogP contribution in [0.4, 0.5) is 26.3 Å². The summed E-state index contributed by atoms with van der Waals surface area (Å²) in [5, 5.41) is 6.45. The fourth-order valence-corrected chi connectivity index (χ4v) is 4.05. The van der Waals surface area contributed by atoms with Gasteiger partial charge < -0.3 is 10.6 Å². The van der Waals surface area contributed by atoms with E-state index in [1.54, 1.807) is 12.1 Å². The minimum atomic E-state index is -5.04. The van der Waals surface area contributed by atoms with Gasteiger partial charge in [-0.2, -0.15) is 26.3 Å². The lowest BCUT2D eigenvalue weighted by Crippen LogP contribution is -2.48. The van der Waals surface area contributed by atoms with Gasteiger partial charge in [0.1, 0.15) is 0 Å². The summed E-state index contributed by atoms with van der Waals surface area (Å²) >= 11 is 12.1. The van der Waals surface area contributed by atoms with E-state index < -0.39 is 41.0 Å². The molecule has 0 saturated carbocycles. The summed E-state index contributed by atoms with van der Waals surface area (Å²) in [6.45, 7) is 0.921. The van der Waals surface area contributed by atoms with Crippen molar-refractivity contribution in [2.24, 2.45) is 0 Å². The van der Waals surface area contributed by atoms with Gasteiger partial charge in [-0.25, -0.2) is 0 Å². The summed E-state index contributed by atoms with van der Waals surface area (Å²) < 4.78 is 78.5. The summed E-state index contributed by atoms with van der Waals surface area (Å²) in [6, 6.07) is 5.09. The third-order valence-electron chi connectivity index (χ3n) is 4.96. The molecule has 168 valence electrons. The molecule has 1 aliphatic rings. The number of carbonyl (C=O) groups is 1. The Morgan fingerprint density at radius 1 is 0.903 bits per heavy atom. The average Bonchev–Trinajstić information content (AvgIpc) is 2.66. The van der Waals surface area contributed by atoms with E-state index in [2.05, 4.69) is 10.6 Å². The number of alkyl halides is 6. The summed E-state index contributed by atoms with van der Waals surface area (Å²) in [5.41, 5.74) is -3.12. The van der Waals surface area contributed by atoms with Gasteiger partial charge in [-0.3, -0.25) is 4.79 Å². The molecule has 0 radical (unpaired) electrons. The van der Waals surface area contributed by atoms with E-state index in [0.717, 1.165) is 0 Å². The highest BCUT2D eigenvalue weighted by molar-refractivity contribution is 6.34. The zero-order valence-electron chi connectivity index (χ0n) is 15.7. The van der Waals surface area contributed by atoms with Gasteiger partial charge in [-0.15, -0.1) is 0 Å². The molecule has 2 aromatic rings. The van der Waals surface area contributed by atoms with Gasteiger partial charge in [-0.1, -0.05) is 23.2 Å². The number of nitrogens with one attached hydrogen (secondary N) is 2. The minimum Gasteiger partial charge on any atom is -0.349 e. The highest BCUT2D eigenvalue weighted by atomic mass is 35.5. The second-order valence-corrected chi connectivity index (χ2v) is 8.05. The second kappa shape index (κ2) is 8.88. The Labute approximate surface area is 183 Å². The maximum atomic E-state index is 13.1. The Morgan fingerprint density at radius 3 is 1.97 bits per heavy atom. The standard InChI is InChI=1S/C20H16Cl2F6N2O/c21-14-5-10(6-15(22)8-14)16-9-29-2-1-17(16)30-18(31)11-3-12(19(23,24)25)7-13(4-11)20(26,27)28/h3-8,16-17,29H,1-2,9H2,(H,30,31)/t16-,17?/m0/s1. The molecule has 0 bridgehead atoms. The number of rotatable bonds is 3. The lowest BCUT2D eigenvalue weighted by molar-refractivity contribution is -0.143. The Balaban J connectivity index is 1.91. The van der Waals surface area contributed by atoms with Crippen LogP contribution in [0.25, 0.3) is 0 Å². The molecule has 0 aliphatic carbocycles. The van der Waals surface area contributed by atoms with E-state index in [0.29, 0.717) is 47.3 Å². The lowest BCUT2D eigenvalue weighted by atomic mass is 9.86. The highest BCUT2D eigenvalue weighted by Crippen LogP contribution is 2.36. The molecule has 31 heavy (non-hydrogen) atoms. The number of amides is 1. The molecule has 3 rings (SSSR count). The van der Waals surface area contributed by atoms with Gasteiger partial charge in [0.15, 0.2) is 0 Å². The van der Waals surface area contributed by atoms with E-state index in [9.17, 15) is 31.1 Å². The maximum Gasteiger partial charge on any atom is 0.416 e. The van der Waals surface area contributed by atoms with Gasteiger partial charge in [0, 0.05) is 34.1 Å². The predicted molar refractivity (Wildman–Crippen MR) is 104 cm³/mol. The fraction of sp³-hybridized carbons (Fsp3) is 0.350. The van der Waals surface area contributed by atoms with E-state index in [1.165, 1.54) is 6.07 Å². The van der Waals surface area contributed by atoms with Crippen molar-refractivity contribution >= 4 is 29.1 Å². The molecule has 0 aromatic heterocycles. The van der Waals surface area contributed by atoms with Crippen molar-refractivity contribution < 1.29 is 31.1 Å². The van der Waals surface area contributed by atoms with Gasteiger partial charge in [0.2, 0.25) is 0 Å². The zero-order valence-corrected chi connectivity index (χ0v) is 17.2. The smallest absolute Gasteiger partial charge is 0.349 e. The summed E-state index contributed by atoms with van der Waals surface area (Å²) in [5.74, 6) is -1.36. The molecule has 1 unspecified atom stereocenters. The number of halogens is 8. The number of benzene rings is 2. The number of hydrogen-bond donors (Lipinski definition) is 2. The monoisotopic (exact) mass is 484 g/mol. The maximum absolute atomic E-state index is 13.1. The molecule has 2 aromatic carbocycles. The first-order chi connectivity index (χ1) is 14.3. The Bertz CT molecular complexity index is 925. The molecule has 2 atom stereocenters. The second-order valence-electron chi connectivity index (χ2n) is 7.18. The molecule has 11 heteroatoms. The van der Waals surface area contributed by atoms with Crippen molar-refractivity contribution in [3.63, 3.8) is 0 Å². The van der Waals surface area contributed by atoms with Crippen molar-refractivity contribution in [3.05, 3.63) is 68.7 Å². The van der Waals surface area contributed by atoms with Crippen LogP contribution in [0.1, 0.15) is 39.4 Å². The van der Waals surface area contributed by atoms with Crippen LogP contribution < -0.4 is 10.6 Å². The number of hydrogen-bond acceptors (Lipinski definition) is 2. The van der Waals surface area contributed by atoms with Gasteiger partial charge >= 0.3 is 12.4 Å². The van der Waals surface area contributed by atoms with E-state index >= 15 is 0 Å². The van der Waals surface area contributed by atoms with E-state index in [-0.39, 0.29) is 12.0 Å². The average molecular weight is 485 g/mol. The quantitative estimate of drug-likeness (QED) is 0.532. The van der Waals surface area contributed by atoms with Gasteiger partial charge in [0.05, 0.1) is 11.1 Å². The molecule has 1 aliphatic heterocycles. The first-order valence-electron chi connectivity index (χ1n) is 9.11. The Morgan fingerprint density at radius 2 is 1.45 bits per heavy atom. The van der Waals surface area contributed by atoms with Gasteiger partial charge in [-0.05, 0) is 54.9 Å². The van der Waals surface area contributed by atoms with Crippen molar-refractivity contribution in [1.82, 2.24) is 10.6 Å². The summed E-state index contributed by atoms with van der Waals surface area (Å²) in [4.78, 5) is 12.7.